The normalized spacial score (nSPS) is 11.5. The standard InChI is InChI=1S/C21H11Cl2N3O/c22-13-6-8-17-15(10-13)20-25-18-9-7-14(23)11-16(18)21(27)26(20)19(24-17)12-4-2-1-3-5-12/h1-11H. The molecule has 0 atom stereocenters. The molecule has 0 saturated carbocycles. The van der Waals surface area contributed by atoms with E-state index < -0.39 is 0 Å². The first kappa shape index (κ1) is 16.2. The molecule has 4 nitrogen and oxygen atoms in total. The van der Waals surface area contributed by atoms with Crippen LogP contribution in [-0.4, -0.2) is 14.4 Å². The van der Waals surface area contributed by atoms with Crippen molar-refractivity contribution in [3.8, 4) is 11.4 Å². The van der Waals surface area contributed by atoms with Crippen LogP contribution in [0, 0.1) is 0 Å². The Morgan fingerprint density at radius 1 is 0.741 bits per heavy atom. The van der Waals surface area contributed by atoms with Crippen molar-refractivity contribution in [1.29, 1.82) is 0 Å². The highest BCUT2D eigenvalue weighted by molar-refractivity contribution is 6.31. The number of rotatable bonds is 1. The molecule has 0 saturated heterocycles. The van der Waals surface area contributed by atoms with Crippen LogP contribution < -0.4 is 5.56 Å². The zero-order valence-electron chi connectivity index (χ0n) is 13.9. The molecule has 27 heavy (non-hydrogen) atoms. The number of aromatic nitrogens is 3. The Balaban J connectivity index is 2.07. The van der Waals surface area contributed by atoms with Gasteiger partial charge in [-0.3, -0.25) is 4.79 Å². The van der Waals surface area contributed by atoms with Crippen molar-refractivity contribution in [2.24, 2.45) is 0 Å². The molecule has 2 heterocycles. The van der Waals surface area contributed by atoms with Crippen LogP contribution in [0.4, 0.5) is 0 Å². The maximum absolute atomic E-state index is 13.4. The highest BCUT2D eigenvalue weighted by atomic mass is 35.5. The van der Waals surface area contributed by atoms with Gasteiger partial charge in [0.15, 0.2) is 5.65 Å². The number of nitrogens with zero attached hydrogens (tertiary/aromatic N) is 3. The van der Waals surface area contributed by atoms with E-state index in [0.29, 0.717) is 32.4 Å². The van der Waals surface area contributed by atoms with Crippen LogP contribution >= 0.6 is 23.2 Å². The SMILES string of the molecule is O=c1c2cc(Cl)ccc2nc2c3cc(Cl)ccc3nc(-c3ccccc3)n12. The Kier molecular flexibility index (Phi) is 3.64. The second-order valence-electron chi connectivity index (χ2n) is 6.20. The van der Waals surface area contributed by atoms with E-state index in [4.69, 9.17) is 33.2 Å². The number of benzene rings is 3. The van der Waals surface area contributed by atoms with Gasteiger partial charge in [0.25, 0.3) is 5.56 Å². The number of hydrogen-bond donors (Lipinski definition) is 0. The van der Waals surface area contributed by atoms with E-state index in [1.165, 1.54) is 4.40 Å². The third-order valence-electron chi connectivity index (χ3n) is 4.50. The van der Waals surface area contributed by atoms with Crippen molar-refractivity contribution < 1.29 is 0 Å². The van der Waals surface area contributed by atoms with Crippen molar-refractivity contribution in [2.45, 2.75) is 0 Å². The summed E-state index contributed by atoms with van der Waals surface area (Å²) in [6.07, 6.45) is 0. The first-order chi connectivity index (χ1) is 13.1. The first-order valence-electron chi connectivity index (χ1n) is 8.28. The Morgan fingerprint density at radius 3 is 2.07 bits per heavy atom. The summed E-state index contributed by atoms with van der Waals surface area (Å²) < 4.78 is 1.53. The van der Waals surface area contributed by atoms with Crippen LogP contribution in [0.15, 0.2) is 71.5 Å². The van der Waals surface area contributed by atoms with Crippen LogP contribution in [0.25, 0.3) is 38.8 Å². The molecular weight excluding hydrogens is 381 g/mol. The number of hydrogen-bond acceptors (Lipinski definition) is 3. The Morgan fingerprint density at radius 2 is 1.37 bits per heavy atom. The highest BCUT2D eigenvalue weighted by Crippen LogP contribution is 2.27. The second kappa shape index (κ2) is 6.05. The van der Waals surface area contributed by atoms with Crippen molar-refractivity contribution in [1.82, 2.24) is 14.4 Å². The molecule has 0 bridgehead atoms. The predicted molar refractivity (Wildman–Crippen MR) is 110 cm³/mol. The van der Waals surface area contributed by atoms with Crippen molar-refractivity contribution in [3.05, 3.63) is 87.1 Å². The monoisotopic (exact) mass is 391 g/mol. The van der Waals surface area contributed by atoms with Crippen LogP contribution in [0.1, 0.15) is 0 Å². The summed E-state index contributed by atoms with van der Waals surface area (Å²) in [5, 5.41) is 2.21. The minimum atomic E-state index is -0.217. The first-order valence-corrected chi connectivity index (χ1v) is 9.04. The third kappa shape index (κ3) is 2.57. The molecule has 0 radical (unpaired) electrons. The van der Waals surface area contributed by atoms with Gasteiger partial charge in [0, 0.05) is 21.0 Å². The molecule has 0 fully saturated rings. The van der Waals surface area contributed by atoms with Crippen molar-refractivity contribution in [3.63, 3.8) is 0 Å². The smallest absolute Gasteiger partial charge is 0.267 e. The van der Waals surface area contributed by atoms with E-state index >= 15 is 0 Å². The Labute approximate surface area is 163 Å². The fraction of sp³-hybridized carbons (Fsp3) is 0. The fourth-order valence-electron chi connectivity index (χ4n) is 3.26. The van der Waals surface area contributed by atoms with E-state index in [9.17, 15) is 4.79 Å². The molecule has 0 aliphatic rings. The van der Waals surface area contributed by atoms with E-state index in [2.05, 4.69) is 0 Å². The van der Waals surface area contributed by atoms with Crippen LogP contribution in [-0.2, 0) is 0 Å². The zero-order chi connectivity index (χ0) is 18.5. The van der Waals surface area contributed by atoms with Crippen LogP contribution in [0.3, 0.4) is 0 Å². The molecule has 130 valence electrons. The van der Waals surface area contributed by atoms with E-state index in [-0.39, 0.29) is 5.56 Å². The summed E-state index contributed by atoms with van der Waals surface area (Å²) in [6, 6.07) is 20.1. The topological polar surface area (TPSA) is 47.3 Å². The van der Waals surface area contributed by atoms with Gasteiger partial charge >= 0.3 is 0 Å². The van der Waals surface area contributed by atoms with E-state index in [1.807, 2.05) is 36.4 Å². The van der Waals surface area contributed by atoms with Crippen LogP contribution in [0.5, 0.6) is 0 Å². The van der Waals surface area contributed by atoms with E-state index in [1.54, 1.807) is 30.3 Å². The summed E-state index contributed by atoms with van der Waals surface area (Å²) in [5.74, 6) is 0.528. The van der Waals surface area contributed by atoms with Crippen LogP contribution in [0.2, 0.25) is 10.0 Å². The molecule has 5 aromatic rings. The molecule has 0 aliphatic heterocycles. The average molecular weight is 392 g/mol. The summed E-state index contributed by atoms with van der Waals surface area (Å²) in [6.45, 7) is 0. The molecule has 6 heteroatoms. The molecule has 2 aromatic heterocycles. The Hall–Kier alpha value is -2.95. The Bertz CT molecular complexity index is 1410. The third-order valence-corrected chi connectivity index (χ3v) is 4.97. The number of fused-ring (bicyclic) bond motifs is 4. The second-order valence-corrected chi connectivity index (χ2v) is 7.07. The summed E-state index contributed by atoms with van der Waals surface area (Å²) >= 11 is 12.3. The quantitative estimate of drug-likeness (QED) is 0.285. The minimum absolute atomic E-state index is 0.217. The summed E-state index contributed by atoms with van der Waals surface area (Å²) in [5.41, 5.74) is 2.42. The van der Waals surface area contributed by atoms with Gasteiger partial charge in [-0.25, -0.2) is 14.4 Å². The van der Waals surface area contributed by atoms with Gasteiger partial charge in [-0.05, 0) is 36.4 Å². The molecule has 0 amide bonds. The zero-order valence-corrected chi connectivity index (χ0v) is 15.4. The maximum Gasteiger partial charge on any atom is 0.267 e. The van der Waals surface area contributed by atoms with E-state index in [0.717, 1.165) is 16.5 Å². The molecule has 3 aromatic carbocycles. The van der Waals surface area contributed by atoms with Gasteiger partial charge in [-0.15, -0.1) is 0 Å². The number of halogens is 2. The summed E-state index contributed by atoms with van der Waals surface area (Å²) in [4.78, 5) is 22.8. The van der Waals surface area contributed by atoms with Gasteiger partial charge < -0.3 is 0 Å². The lowest BCUT2D eigenvalue weighted by Gasteiger charge is -2.12. The molecule has 0 unspecified atom stereocenters. The molecule has 5 rings (SSSR count). The summed E-state index contributed by atoms with van der Waals surface area (Å²) in [7, 11) is 0. The fourth-order valence-corrected chi connectivity index (χ4v) is 3.61. The minimum Gasteiger partial charge on any atom is -0.268 e. The van der Waals surface area contributed by atoms with Gasteiger partial charge in [-0.1, -0.05) is 53.5 Å². The lowest BCUT2D eigenvalue weighted by molar-refractivity contribution is 1.05. The molecule has 0 N–H and O–H groups in total. The largest absolute Gasteiger partial charge is 0.268 e. The molecule has 0 aliphatic carbocycles. The van der Waals surface area contributed by atoms with Crippen molar-refractivity contribution in [2.75, 3.05) is 0 Å². The predicted octanol–water partition coefficient (Wildman–Crippen LogP) is 5.37. The highest BCUT2D eigenvalue weighted by Gasteiger charge is 2.16. The van der Waals surface area contributed by atoms with Gasteiger partial charge in [0.1, 0.15) is 5.82 Å². The van der Waals surface area contributed by atoms with Gasteiger partial charge in [0.05, 0.1) is 16.4 Å². The lowest BCUT2D eigenvalue weighted by atomic mass is 10.1. The molecular formula is C21H11Cl2N3O. The van der Waals surface area contributed by atoms with Crippen molar-refractivity contribution >= 4 is 50.7 Å². The van der Waals surface area contributed by atoms with Gasteiger partial charge in [-0.2, -0.15) is 0 Å². The lowest BCUT2D eigenvalue weighted by Crippen LogP contribution is -2.18. The van der Waals surface area contributed by atoms with Gasteiger partial charge in [0.2, 0.25) is 0 Å². The molecule has 0 spiro atoms. The maximum atomic E-state index is 13.4. The average Bonchev–Trinajstić information content (AvgIpc) is 2.69.